The Kier molecular flexibility index (Phi) is 6.89. The quantitative estimate of drug-likeness (QED) is 0.196. The number of nitriles is 1. The van der Waals surface area contributed by atoms with E-state index in [1.807, 2.05) is 84.9 Å². The van der Waals surface area contributed by atoms with E-state index < -0.39 is 0 Å². The lowest BCUT2D eigenvalue weighted by Gasteiger charge is -2.17. The Bertz CT molecular complexity index is 2370. The molecule has 0 fully saturated rings. The molecule has 5 heteroatoms. The maximum absolute atomic E-state index is 10.00. The van der Waals surface area contributed by atoms with Crippen molar-refractivity contribution in [2.75, 3.05) is 0 Å². The normalized spacial score (nSPS) is 11.2. The summed E-state index contributed by atoms with van der Waals surface area (Å²) in [5, 5.41) is 12.4. The molecule has 5 nitrogen and oxygen atoms in total. The van der Waals surface area contributed by atoms with Crippen molar-refractivity contribution in [1.82, 2.24) is 19.5 Å². The van der Waals surface area contributed by atoms with Crippen molar-refractivity contribution in [3.63, 3.8) is 0 Å². The predicted molar refractivity (Wildman–Crippen MR) is 190 cm³/mol. The van der Waals surface area contributed by atoms with Crippen LogP contribution in [0.4, 0.5) is 0 Å². The summed E-state index contributed by atoms with van der Waals surface area (Å²) in [6.45, 7) is 4.25. The minimum absolute atomic E-state index is 0.555. The molecule has 0 amide bonds. The van der Waals surface area contributed by atoms with Gasteiger partial charge in [-0.15, -0.1) is 0 Å². The predicted octanol–water partition coefficient (Wildman–Crippen LogP) is 10.1. The van der Waals surface area contributed by atoms with Crippen molar-refractivity contribution in [2.24, 2.45) is 0 Å². The summed E-state index contributed by atoms with van der Waals surface area (Å²) in [6, 6.07) is 49.7. The topological polar surface area (TPSA) is 67.4 Å². The average Bonchev–Trinajstić information content (AvgIpc) is 3.43. The van der Waals surface area contributed by atoms with Gasteiger partial charge in [0.25, 0.3) is 0 Å². The first kappa shape index (κ1) is 28.1. The Hall–Kier alpha value is -6.38. The zero-order chi connectivity index (χ0) is 31.9. The number of hydrogen-bond acceptors (Lipinski definition) is 4. The van der Waals surface area contributed by atoms with Gasteiger partial charge >= 0.3 is 0 Å². The van der Waals surface area contributed by atoms with Gasteiger partial charge in [-0.25, -0.2) is 15.0 Å². The summed E-state index contributed by atoms with van der Waals surface area (Å²) in [7, 11) is 0. The van der Waals surface area contributed by atoms with Gasteiger partial charge in [0.2, 0.25) is 0 Å². The monoisotopic (exact) mass is 603 g/mol. The van der Waals surface area contributed by atoms with Crippen molar-refractivity contribution >= 4 is 21.8 Å². The highest BCUT2D eigenvalue weighted by Crippen LogP contribution is 2.39. The smallest absolute Gasteiger partial charge is 0.166 e. The first-order valence-electron chi connectivity index (χ1n) is 15.6. The lowest BCUT2D eigenvalue weighted by molar-refractivity contribution is 1.06. The third-order valence-electron chi connectivity index (χ3n) is 8.61. The lowest BCUT2D eigenvalue weighted by Crippen LogP contribution is -2.04. The Morgan fingerprint density at radius 2 is 1.02 bits per heavy atom. The van der Waals surface area contributed by atoms with Crippen LogP contribution in [-0.2, 0) is 0 Å². The van der Waals surface area contributed by atoms with Crippen molar-refractivity contribution in [3.05, 3.63) is 156 Å². The molecule has 0 spiro atoms. The number of aryl methyl sites for hydroxylation is 2. The van der Waals surface area contributed by atoms with Crippen LogP contribution < -0.4 is 0 Å². The van der Waals surface area contributed by atoms with Crippen LogP contribution >= 0.6 is 0 Å². The van der Waals surface area contributed by atoms with E-state index in [9.17, 15) is 5.26 Å². The minimum Gasteiger partial charge on any atom is -0.308 e. The van der Waals surface area contributed by atoms with Crippen molar-refractivity contribution in [1.29, 1.82) is 5.26 Å². The third-order valence-corrected chi connectivity index (χ3v) is 8.61. The molecule has 0 saturated heterocycles. The Morgan fingerprint density at radius 3 is 1.60 bits per heavy atom. The summed E-state index contributed by atoms with van der Waals surface area (Å²) in [6.07, 6.45) is 0. The van der Waals surface area contributed by atoms with Crippen molar-refractivity contribution in [2.45, 2.75) is 13.8 Å². The van der Waals surface area contributed by atoms with Crippen molar-refractivity contribution < 1.29 is 0 Å². The number of rotatable bonds is 5. The molecule has 222 valence electrons. The molecular weight excluding hydrogens is 574 g/mol. The molecule has 0 aliphatic carbocycles. The van der Waals surface area contributed by atoms with E-state index in [2.05, 4.69) is 79.1 Å². The van der Waals surface area contributed by atoms with Gasteiger partial charge in [-0.1, -0.05) is 109 Å². The second kappa shape index (κ2) is 11.5. The fraction of sp³-hybridized carbons (Fsp3) is 0.0476. The molecule has 2 heterocycles. The fourth-order valence-corrected chi connectivity index (χ4v) is 6.34. The van der Waals surface area contributed by atoms with E-state index in [1.165, 1.54) is 21.9 Å². The minimum atomic E-state index is 0.555. The Balaban J connectivity index is 1.49. The van der Waals surface area contributed by atoms with E-state index >= 15 is 0 Å². The molecule has 0 aliphatic heterocycles. The first-order chi connectivity index (χ1) is 23.1. The van der Waals surface area contributed by atoms with Crippen molar-refractivity contribution in [3.8, 4) is 57.0 Å². The summed E-state index contributed by atoms with van der Waals surface area (Å²) in [4.78, 5) is 15.2. The van der Waals surface area contributed by atoms with Gasteiger partial charge in [-0.3, -0.25) is 0 Å². The molecule has 6 aromatic carbocycles. The zero-order valence-corrected chi connectivity index (χ0v) is 26.0. The van der Waals surface area contributed by atoms with E-state index in [0.29, 0.717) is 23.0 Å². The molecule has 0 radical (unpaired) electrons. The van der Waals surface area contributed by atoms with Crippen LogP contribution in [0.3, 0.4) is 0 Å². The highest BCUT2D eigenvalue weighted by molar-refractivity contribution is 6.10. The van der Waals surface area contributed by atoms with Crippen LogP contribution in [0.2, 0.25) is 0 Å². The van der Waals surface area contributed by atoms with Crippen LogP contribution in [0, 0.1) is 25.2 Å². The van der Waals surface area contributed by atoms with E-state index in [-0.39, 0.29) is 0 Å². The van der Waals surface area contributed by atoms with Gasteiger partial charge in [-0.2, -0.15) is 5.26 Å². The van der Waals surface area contributed by atoms with Crippen LogP contribution in [0.15, 0.2) is 140 Å². The summed E-state index contributed by atoms with van der Waals surface area (Å²) in [5.74, 6) is 1.74. The number of hydrogen-bond donors (Lipinski definition) is 0. The van der Waals surface area contributed by atoms with E-state index in [0.717, 1.165) is 44.5 Å². The molecule has 0 bridgehead atoms. The number of benzene rings is 6. The maximum Gasteiger partial charge on any atom is 0.166 e. The van der Waals surface area contributed by atoms with Gasteiger partial charge in [0, 0.05) is 27.5 Å². The highest BCUT2D eigenvalue weighted by Gasteiger charge is 2.21. The Morgan fingerprint density at radius 1 is 0.489 bits per heavy atom. The second-order valence-corrected chi connectivity index (χ2v) is 11.8. The second-order valence-electron chi connectivity index (χ2n) is 11.8. The molecule has 47 heavy (non-hydrogen) atoms. The molecular formula is C42H29N5. The first-order valence-corrected chi connectivity index (χ1v) is 15.6. The molecule has 0 atom stereocenters. The average molecular weight is 604 g/mol. The summed E-state index contributed by atoms with van der Waals surface area (Å²) in [5.41, 5.74) is 10.6. The van der Waals surface area contributed by atoms with Gasteiger partial charge in [-0.05, 0) is 66.4 Å². The SMILES string of the molecule is Cc1ccc2c3ccc(C)cc3n(-c3ccc(-c4ccccc4C#N)cc3-c3nc(-c4ccccc4)nc(-c4ccccc4)n3)c2c1. The highest BCUT2D eigenvalue weighted by atomic mass is 15.1. The maximum atomic E-state index is 10.00. The standard InChI is InChI=1S/C42H29N5/c1-27-17-20-34-35-21-18-28(2)24-39(35)47(38(34)23-27)37-22-19-31(33-16-10-9-15-32(33)26-43)25-36(37)42-45-40(29-11-5-3-6-12-29)44-41(46-42)30-13-7-4-8-14-30/h3-25H,1-2H3. The molecule has 0 saturated carbocycles. The third kappa shape index (κ3) is 5.03. The molecule has 8 aromatic rings. The van der Waals surface area contributed by atoms with Gasteiger partial charge in [0.05, 0.1) is 28.4 Å². The molecule has 2 aromatic heterocycles. The van der Waals surface area contributed by atoms with Gasteiger partial charge in [0.15, 0.2) is 17.5 Å². The largest absolute Gasteiger partial charge is 0.308 e. The van der Waals surface area contributed by atoms with Crippen LogP contribution in [-0.4, -0.2) is 19.5 Å². The Labute approximate surface area is 273 Å². The van der Waals surface area contributed by atoms with Crippen LogP contribution in [0.5, 0.6) is 0 Å². The molecule has 0 aliphatic rings. The fourth-order valence-electron chi connectivity index (χ4n) is 6.34. The summed E-state index contributed by atoms with van der Waals surface area (Å²) >= 11 is 0. The zero-order valence-electron chi connectivity index (χ0n) is 26.0. The molecule has 0 N–H and O–H groups in total. The molecule has 0 unspecified atom stereocenters. The van der Waals surface area contributed by atoms with Crippen LogP contribution in [0.25, 0.3) is 72.8 Å². The van der Waals surface area contributed by atoms with E-state index in [1.54, 1.807) is 0 Å². The number of aromatic nitrogens is 4. The lowest BCUT2D eigenvalue weighted by atomic mass is 9.97. The van der Waals surface area contributed by atoms with Gasteiger partial charge in [0.1, 0.15) is 0 Å². The number of nitrogens with zero attached hydrogens (tertiary/aromatic N) is 5. The van der Waals surface area contributed by atoms with E-state index in [4.69, 9.17) is 15.0 Å². The van der Waals surface area contributed by atoms with Gasteiger partial charge < -0.3 is 4.57 Å². The number of fused-ring (bicyclic) bond motifs is 3. The summed E-state index contributed by atoms with van der Waals surface area (Å²) < 4.78 is 2.33. The molecule has 8 rings (SSSR count). The van der Waals surface area contributed by atoms with Crippen LogP contribution in [0.1, 0.15) is 16.7 Å².